The molecule has 0 saturated carbocycles. The highest BCUT2D eigenvalue weighted by Gasteiger charge is 2.12. The number of unbranched alkanes of at least 4 members (excludes halogenated alkanes) is 2. The molecule has 0 spiro atoms. The van der Waals surface area contributed by atoms with Gasteiger partial charge >= 0.3 is 0 Å². The molecule has 0 amide bonds. The van der Waals surface area contributed by atoms with E-state index in [-0.39, 0.29) is 5.92 Å². The molecule has 0 bridgehead atoms. The Morgan fingerprint density at radius 3 is 2.69 bits per heavy atom. The number of hydrogen-bond donors (Lipinski definition) is 0. The minimum absolute atomic E-state index is 0.0336. The fraction of sp³-hybridized carbons (Fsp3) is 0.800. The third-order valence-corrected chi connectivity index (χ3v) is 2.30. The predicted molar refractivity (Wildman–Crippen MR) is 53.6 cm³/mol. The number of nitrogens with zero attached hydrogens (tertiary/aromatic N) is 1. The molecule has 0 aromatic heterocycles. The molecular formula is C10H16ClNO. The summed E-state index contributed by atoms with van der Waals surface area (Å²) in [5, 5.41) is 7.94. The van der Waals surface area contributed by atoms with Gasteiger partial charge in [0.1, 0.15) is 11.7 Å². The standard InChI is InChI=1S/C10H16ClNO/c1-2-3-4-5-9(8-13)6-10(11)7-12/h8-10H,2-6H2,1H3. The Labute approximate surface area is 84.9 Å². The van der Waals surface area contributed by atoms with E-state index in [4.69, 9.17) is 16.9 Å². The van der Waals surface area contributed by atoms with Gasteiger partial charge in [0, 0.05) is 5.92 Å². The van der Waals surface area contributed by atoms with Crippen LogP contribution in [0.5, 0.6) is 0 Å². The summed E-state index contributed by atoms with van der Waals surface area (Å²) >= 11 is 5.63. The van der Waals surface area contributed by atoms with Crippen LogP contribution in [0.25, 0.3) is 0 Å². The lowest BCUT2D eigenvalue weighted by Crippen LogP contribution is -2.08. The van der Waals surface area contributed by atoms with Gasteiger partial charge in [-0.25, -0.2) is 0 Å². The summed E-state index contributed by atoms with van der Waals surface area (Å²) in [4.78, 5) is 10.6. The van der Waals surface area contributed by atoms with Crippen LogP contribution in [0.1, 0.15) is 39.0 Å². The Morgan fingerprint density at radius 2 is 2.23 bits per heavy atom. The number of hydrogen-bond acceptors (Lipinski definition) is 2. The molecular weight excluding hydrogens is 186 g/mol. The molecule has 0 radical (unpaired) electrons. The Balaban J connectivity index is 3.64. The average molecular weight is 202 g/mol. The lowest BCUT2D eigenvalue weighted by Gasteiger charge is -2.09. The van der Waals surface area contributed by atoms with E-state index in [0.29, 0.717) is 6.42 Å². The summed E-state index contributed by atoms with van der Waals surface area (Å²) in [6.07, 6.45) is 5.61. The summed E-state index contributed by atoms with van der Waals surface area (Å²) in [5.74, 6) is -0.0336. The molecule has 3 heteroatoms. The van der Waals surface area contributed by atoms with Crippen LogP contribution < -0.4 is 0 Å². The maximum absolute atomic E-state index is 10.6. The van der Waals surface area contributed by atoms with Gasteiger partial charge in [0.2, 0.25) is 0 Å². The maximum Gasteiger partial charge on any atom is 0.123 e. The third-order valence-electron chi connectivity index (χ3n) is 2.02. The number of nitriles is 1. The van der Waals surface area contributed by atoms with Crippen LogP contribution in [0.2, 0.25) is 0 Å². The van der Waals surface area contributed by atoms with Crippen molar-refractivity contribution in [2.75, 3.05) is 0 Å². The Morgan fingerprint density at radius 1 is 1.54 bits per heavy atom. The minimum atomic E-state index is -0.517. The van der Waals surface area contributed by atoms with Gasteiger partial charge in [-0.3, -0.25) is 0 Å². The normalized spacial score (nSPS) is 14.5. The van der Waals surface area contributed by atoms with E-state index in [1.54, 1.807) is 0 Å². The number of aldehydes is 1. The van der Waals surface area contributed by atoms with E-state index < -0.39 is 5.38 Å². The van der Waals surface area contributed by atoms with Crippen LogP contribution in [0, 0.1) is 17.2 Å². The molecule has 0 aliphatic heterocycles. The van der Waals surface area contributed by atoms with Crippen LogP contribution in [-0.2, 0) is 4.79 Å². The molecule has 0 aliphatic carbocycles. The largest absolute Gasteiger partial charge is 0.303 e. The van der Waals surface area contributed by atoms with E-state index >= 15 is 0 Å². The third kappa shape index (κ3) is 6.60. The van der Waals surface area contributed by atoms with Crippen molar-refractivity contribution in [3.63, 3.8) is 0 Å². The van der Waals surface area contributed by atoms with Crippen molar-refractivity contribution in [2.24, 2.45) is 5.92 Å². The van der Waals surface area contributed by atoms with Crippen molar-refractivity contribution in [3.8, 4) is 6.07 Å². The zero-order valence-electron chi connectivity index (χ0n) is 8.00. The quantitative estimate of drug-likeness (QED) is 0.361. The van der Waals surface area contributed by atoms with Gasteiger partial charge in [0.25, 0.3) is 0 Å². The first kappa shape index (κ1) is 12.4. The molecule has 2 unspecified atom stereocenters. The van der Waals surface area contributed by atoms with E-state index in [1.807, 2.05) is 6.07 Å². The van der Waals surface area contributed by atoms with Crippen LogP contribution in [0.4, 0.5) is 0 Å². The molecule has 74 valence electrons. The predicted octanol–water partition coefficient (Wildman–Crippen LogP) is 2.90. The summed E-state index contributed by atoms with van der Waals surface area (Å²) in [5.41, 5.74) is 0. The fourth-order valence-electron chi connectivity index (χ4n) is 1.22. The molecule has 0 aromatic carbocycles. The molecule has 0 rings (SSSR count). The van der Waals surface area contributed by atoms with E-state index in [2.05, 4.69) is 6.92 Å². The first-order valence-electron chi connectivity index (χ1n) is 4.73. The van der Waals surface area contributed by atoms with Gasteiger partial charge < -0.3 is 4.79 Å². The summed E-state index contributed by atoms with van der Waals surface area (Å²) in [7, 11) is 0. The Hall–Kier alpha value is -0.550. The smallest absolute Gasteiger partial charge is 0.123 e. The topological polar surface area (TPSA) is 40.9 Å². The second-order valence-electron chi connectivity index (χ2n) is 3.22. The van der Waals surface area contributed by atoms with E-state index in [0.717, 1.165) is 32.0 Å². The molecule has 0 aromatic rings. The van der Waals surface area contributed by atoms with Crippen LogP contribution >= 0.6 is 11.6 Å². The average Bonchev–Trinajstić information content (AvgIpc) is 2.16. The van der Waals surface area contributed by atoms with Crippen molar-refractivity contribution >= 4 is 17.9 Å². The fourth-order valence-corrected chi connectivity index (χ4v) is 1.45. The van der Waals surface area contributed by atoms with Gasteiger partial charge in [-0.05, 0) is 12.8 Å². The molecule has 2 nitrogen and oxygen atoms in total. The molecule has 0 fully saturated rings. The SMILES string of the molecule is CCCCCC(C=O)CC(Cl)C#N. The van der Waals surface area contributed by atoms with Crippen molar-refractivity contribution in [1.82, 2.24) is 0 Å². The summed E-state index contributed by atoms with van der Waals surface area (Å²) < 4.78 is 0. The molecule has 0 saturated heterocycles. The highest BCUT2D eigenvalue weighted by atomic mass is 35.5. The monoisotopic (exact) mass is 201 g/mol. The van der Waals surface area contributed by atoms with Crippen LogP contribution in [0.3, 0.4) is 0 Å². The van der Waals surface area contributed by atoms with Crippen molar-refractivity contribution < 1.29 is 4.79 Å². The second-order valence-corrected chi connectivity index (χ2v) is 3.75. The van der Waals surface area contributed by atoms with Crippen molar-refractivity contribution in [1.29, 1.82) is 5.26 Å². The first-order valence-corrected chi connectivity index (χ1v) is 5.17. The zero-order valence-corrected chi connectivity index (χ0v) is 8.76. The Kier molecular flexibility index (Phi) is 7.73. The van der Waals surface area contributed by atoms with E-state index in [9.17, 15) is 4.79 Å². The molecule has 0 N–H and O–H groups in total. The number of rotatable bonds is 7. The lowest BCUT2D eigenvalue weighted by molar-refractivity contribution is -0.111. The van der Waals surface area contributed by atoms with Crippen LogP contribution in [0.15, 0.2) is 0 Å². The molecule has 13 heavy (non-hydrogen) atoms. The van der Waals surface area contributed by atoms with Gasteiger partial charge in [-0.15, -0.1) is 11.6 Å². The van der Waals surface area contributed by atoms with Gasteiger partial charge in [-0.2, -0.15) is 5.26 Å². The second kappa shape index (κ2) is 8.07. The number of alkyl halides is 1. The van der Waals surface area contributed by atoms with Crippen LogP contribution in [-0.4, -0.2) is 11.7 Å². The molecule has 0 heterocycles. The van der Waals surface area contributed by atoms with Crippen molar-refractivity contribution in [3.05, 3.63) is 0 Å². The van der Waals surface area contributed by atoms with E-state index in [1.165, 1.54) is 0 Å². The van der Waals surface area contributed by atoms with Gasteiger partial charge in [0.05, 0.1) is 6.07 Å². The molecule has 2 atom stereocenters. The highest BCUT2D eigenvalue weighted by molar-refractivity contribution is 6.22. The lowest BCUT2D eigenvalue weighted by atomic mass is 9.98. The number of carbonyl (C=O) groups excluding carboxylic acids is 1. The summed E-state index contributed by atoms with van der Waals surface area (Å²) in [6, 6.07) is 1.93. The zero-order chi connectivity index (χ0) is 10.1. The highest BCUT2D eigenvalue weighted by Crippen LogP contribution is 2.16. The first-order chi connectivity index (χ1) is 6.24. The number of halogens is 1. The number of carbonyl (C=O) groups is 1. The Bertz CT molecular complexity index is 176. The van der Waals surface area contributed by atoms with Gasteiger partial charge in [0.15, 0.2) is 0 Å². The van der Waals surface area contributed by atoms with Gasteiger partial charge in [-0.1, -0.05) is 26.2 Å². The molecule has 0 aliphatic rings. The minimum Gasteiger partial charge on any atom is -0.303 e. The van der Waals surface area contributed by atoms with Crippen molar-refractivity contribution in [2.45, 2.75) is 44.4 Å². The summed E-state index contributed by atoms with van der Waals surface area (Å²) in [6.45, 7) is 2.12. The maximum atomic E-state index is 10.6.